The van der Waals surface area contributed by atoms with Gasteiger partial charge < -0.3 is 10.2 Å². The quantitative estimate of drug-likeness (QED) is 0.679. The Hall–Kier alpha value is -3.10. The Morgan fingerprint density at radius 1 is 1.23 bits per heavy atom. The zero-order chi connectivity index (χ0) is 21.8. The first-order valence-corrected chi connectivity index (χ1v) is 9.60. The third-order valence-corrected chi connectivity index (χ3v) is 5.30. The number of nitrogens with one attached hydrogen (secondary N) is 1. The average Bonchev–Trinajstić information content (AvgIpc) is 3.47. The second kappa shape index (κ2) is 7.00. The number of nitrogens with zero attached hydrogens (tertiary/aromatic N) is 4. The van der Waals surface area contributed by atoms with E-state index in [4.69, 9.17) is 0 Å². The predicted octanol–water partition coefficient (Wildman–Crippen LogP) is 4.49. The number of amides is 1. The molecular weight excluding hydrogens is 395 g/mol. The van der Waals surface area contributed by atoms with E-state index < -0.39 is 17.6 Å². The highest BCUT2D eigenvalue weighted by atomic mass is 19.4. The number of halogens is 3. The lowest BCUT2D eigenvalue weighted by molar-refractivity contribution is -0.136. The van der Waals surface area contributed by atoms with E-state index in [2.05, 4.69) is 15.4 Å². The second-order valence-corrected chi connectivity index (χ2v) is 7.85. The molecule has 0 spiro atoms. The fourth-order valence-electron chi connectivity index (χ4n) is 3.58. The Labute approximate surface area is 171 Å². The highest BCUT2D eigenvalue weighted by molar-refractivity contribution is 6.13. The molecule has 1 aliphatic rings. The molecule has 1 N–H and O–H groups in total. The van der Waals surface area contributed by atoms with Crippen molar-refractivity contribution in [3.8, 4) is 0 Å². The average molecular weight is 417 g/mol. The molecule has 9 heteroatoms. The van der Waals surface area contributed by atoms with Gasteiger partial charge in [0.25, 0.3) is 5.91 Å². The van der Waals surface area contributed by atoms with E-state index in [1.807, 2.05) is 0 Å². The molecule has 0 unspecified atom stereocenters. The van der Waals surface area contributed by atoms with Gasteiger partial charge in [-0.1, -0.05) is 0 Å². The SMILES string of the molecule is Cc1nn(C)c2nc(C3CC3)cc(C(=O)Nc3ccc(N(C)C)cc3C(F)(F)F)c12. The molecular formula is C21H22F3N5O. The van der Waals surface area contributed by atoms with Gasteiger partial charge in [0.2, 0.25) is 0 Å². The number of aromatic nitrogens is 3. The molecule has 0 atom stereocenters. The molecule has 6 nitrogen and oxygen atoms in total. The summed E-state index contributed by atoms with van der Waals surface area (Å²) in [6.07, 6.45) is -2.63. The fourth-order valence-corrected chi connectivity index (χ4v) is 3.58. The third-order valence-electron chi connectivity index (χ3n) is 5.30. The number of hydrogen-bond donors (Lipinski definition) is 1. The van der Waals surface area contributed by atoms with Crippen LogP contribution in [0.25, 0.3) is 11.0 Å². The molecule has 2 heterocycles. The molecule has 1 fully saturated rings. The summed E-state index contributed by atoms with van der Waals surface area (Å²) >= 11 is 0. The fraction of sp³-hybridized carbons (Fsp3) is 0.381. The molecule has 4 rings (SSSR count). The Morgan fingerprint density at radius 3 is 2.53 bits per heavy atom. The van der Waals surface area contributed by atoms with Gasteiger partial charge in [-0.05, 0) is 44.0 Å². The Morgan fingerprint density at radius 2 is 1.93 bits per heavy atom. The molecule has 0 bridgehead atoms. The van der Waals surface area contributed by atoms with Gasteiger partial charge in [0.15, 0.2) is 5.65 Å². The van der Waals surface area contributed by atoms with Gasteiger partial charge in [0.1, 0.15) is 0 Å². The van der Waals surface area contributed by atoms with Crippen LogP contribution in [0.5, 0.6) is 0 Å². The number of fused-ring (bicyclic) bond motifs is 1. The van der Waals surface area contributed by atoms with Crippen LogP contribution in [0, 0.1) is 6.92 Å². The number of rotatable bonds is 4. The molecule has 1 amide bonds. The molecule has 1 aromatic carbocycles. The van der Waals surface area contributed by atoms with Crippen LogP contribution < -0.4 is 10.2 Å². The van der Waals surface area contributed by atoms with Gasteiger partial charge in [-0.15, -0.1) is 0 Å². The van der Waals surface area contributed by atoms with E-state index in [-0.39, 0.29) is 17.2 Å². The van der Waals surface area contributed by atoms with Crippen molar-refractivity contribution >= 4 is 28.3 Å². The van der Waals surface area contributed by atoms with Gasteiger partial charge in [-0.25, -0.2) is 4.98 Å². The van der Waals surface area contributed by atoms with Crippen molar-refractivity contribution in [2.75, 3.05) is 24.3 Å². The van der Waals surface area contributed by atoms with Crippen LogP contribution in [0.3, 0.4) is 0 Å². The number of alkyl halides is 3. The smallest absolute Gasteiger partial charge is 0.378 e. The summed E-state index contributed by atoms with van der Waals surface area (Å²) < 4.78 is 42.5. The second-order valence-electron chi connectivity index (χ2n) is 7.85. The van der Waals surface area contributed by atoms with E-state index in [1.54, 1.807) is 43.7 Å². The van der Waals surface area contributed by atoms with Gasteiger partial charge >= 0.3 is 6.18 Å². The minimum atomic E-state index is -4.61. The summed E-state index contributed by atoms with van der Waals surface area (Å²) in [6, 6.07) is 5.54. The van der Waals surface area contributed by atoms with E-state index in [9.17, 15) is 18.0 Å². The number of carbonyl (C=O) groups is 1. The molecule has 30 heavy (non-hydrogen) atoms. The maximum absolute atomic E-state index is 13.7. The van der Waals surface area contributed by atoms with Crippen molar-refractivity contribution < 1.29 is 18.0 Å². The molecule has 0 radical (unpaired) electrons. The maximum Gasteiger partial charge on any atom is 0.418 e. The van der Waals surface area contributed by atoms with Crippen LogP contribution in [-0.2, 0) is 13.2 Å². The van der Waals surface area contributed by atoms with Crippen LogP contribution in [0.1, 0.15) is 46.1 Å². The number of benzene rings is 1. The van der Waals surface area contributed by atoms with Crippen molar-refractivity contribution in [1.29, 1.82) is 0 Å². The number of aryl methyl sites for hydroxylation is 2. The van der Waals surface area contributed by atoms with Crippen molar-refractivity contribution in [3.63, 3.8) is 0 Å². The van der Waals surface area contributed by atoms with Gasteiger partial charge in [0.05, 0.1) is 27.9 Å². The molecule has 158 valence electrons. The lowest BCUT2D eigenvalue weighted by Crippen LogP contribution is -2.19. The molecule has 2 aromatic heterocycles. The highest BCUT2D eigenvalue weighted by Gasteiger charge is 2.35. The van der Waals surface area contributed by atoms with Crippen LogP contribution in [0.15, 0.2) is 24.3 Å². The van der Waals surface area contributed by atoms with E-state index in [1.165, 1.54) is 12.1 Å². The summed E-state index contributed by atoms with van der Waals surface area (Å²) in [7, 11) is 5.06. The van der Waals surface area contributed by atoms with E-state index in [0.717, 1.165) is 24.6 Å². The molecule has 0 saturated heterocycles. The largest absolute Gasteiger partial charge is 0.418 e. The summed E-state index contributed by atoms with van der Waals surface area (Å²) in [5.74, 6) is -0.329. The predicted molar refractivity (Wildman–Crippen MR) is 109 cm³/mol. The zero-order valence-electron chi connectivity index (χ0n) is 17.1. The number of pyridine rings is 1. The van der Waals surface area contributed by atoms with Crippen molar-refractivity contribution in [2.45, 2.75) is 31.9 Å². The lowest BCUT2D eigenvalue weighted by Gasteiger charge is -2.19. The number of anilines is 2. The van der Waals surface area contributed by atoms with Gasteiger partial charge in [-0.3, -0.25) is 9.48 Å². The topological polar surface area (TPSA) is 63.1 Å². The summed E-state index contributed by atoms with van der Waals surface area (Å²) in [5, 5.41) is 7.36. The van der Waals surface area contributed by atoms with Crippen LogP contribution in [-0.4, -0.2) is 34.8 Å². The standard InChI is InChI=1S/C21H22F3N5O/c1-11-18-14(10-17(12-5-6-12)25-19(18)29(4)27-11)20(30)26-16-8-7-13(28(2)3)9-15(16)21(22,23)24/h7-10,12H,5-6H2,1-4H3,(H,26,30). The molecule has 1 saturated carbocycles. The normalized spacial score (nSPS) is 14.2. The Balaban J connectivity index is 1.79. The first-order chi connectivity index (χ1) is 14.1. The monoisotopic (exact) mass is 417 g/mol. The molecule has 1 aliphatic carbocycles. The van der Waals surface area contributed by atoms with E-state index >= 15 is 0 Å². The minimum absolute atomic E-state index is 0.279. The molecule has 3 aromatic rings. The summed E-state index contributed by atoms with van der Waals surface area (Å²) in [5.41, 5.74) is 1.44. The van der Waals surface area contributed by atoms with Gasteiger partial charge in [0, 0.05) is 38.4 Å². The van der Waals surface area contributed by atoms with Crippen LogP contribution in [0.2, 0.25) is 0 Å². The molecule has 0 aliphatic heterocycles. The van der Waals surface area contributed by atoms with Crippen LogP contribution >= 0.6 is 0 Å². The van der Waals surface area contributed by atoms with E-state index in [0.29, 0.717) is 22.4 Å². The van der Waals surface area contributed by atoms with Crippen molar-refractivity contribution in [1.82, 2.24) is 14.8 Å². The maximum atomic E-state index is 13.7. The van der Waals surface area contributed by atoms with Crippen molar-refractivity contribution in [3.05, 3.63) is 46.8 Å². The van der Waals surface area contributed by atoms with Gasteiger partial charge in [-0.2, -0.15) is 18.3 Å². The number of hydrogen-bond acceptors (Lipinski definition) is 4. The highest BCUT2D eigenvalue weighted by Crippen LogP contribution is 2.41. The summed E-state index contributed by atoms with van der Waals surface area (Å²) in [6.45, 7) is 1.75. The lowest BCUT2D eigenvalue weighted by atomic mass is 10.1. The van der Waals surface area contributed by atoms with Crippen molar-refractivity contribution in [2.24, 2.45) is 7.05 Å². The minimum Gasteiger partial charge on any atom is -0.378 e. The first-order valence-electron chi connectivity index (χ1n) is 9.60. The Kier molecular flexibility index (Phi) is 4.71. The third kappa shape index (κ3) is 3.59. The Bertz CT molecular complexity index is 1150. The zero-order valence-corrected chi connectivity index (χ0v) is 17.1. The first kappa shape index (κ1) is 20.2. The summed E-state index contributed by atoms with van der Waals surface area (Å²) in [4.78, 5) is 19.3. The van der Waals surface area contributed by atoms with Crippen LogP contribution in [0.4, 0.5) is 24.5 Å². The number of carbonyl (C=O) groups excluding carboxylic acids is 1.